The summed E-state index contributed by atoms with van der Waals surface area (Å²) in [6, 6.07) is 9.74. The van der Waals surface area contributed by atoms with Gasteiger partial charge in [-0.2, -0.15) is 0 Å². The van der Waals surface area contributed by atoms with Crippen LogP contribution in [0.25, 0.3) is 0 Å². The first-order valence-corrected chi connectivity index (χ1v) is 7.20. The van der Waals surface area contributed by atoms with Crippen LogP contribution in [-0.4, -0.2) is 56.0 Å². The van der Waals surface area contributed by atoms with E-state index in [1.807, 2.05) is 39.3 Å². The lowest BCUT2D eigenvalue weighted by Gasteiger charge is -2.22. The largest absolute Gasteiger partial charge is 0.344 e. The fourth-order valence-corrected chi connectivity index (χ4v) is 2.11. The molecule has 2 N–H and O–H groups in total. The molecule has 0 aliphatic rings. The Morgan fingerprint density at radius 1 is 1.15 bits per heavy atom. The van der Waals surface area contributed by atoms with Crippen molar-refractivity contribution in [3.63, 3.8) is 0 Å². The lowest BCUT2D eigenvalue weighted by molar-refractivity contribution is -0.131. The lowest BCUT2D eigenvalue weighted by Crippen LogP contribution is -2.42. The van der Waals surface area contributed by atoms with Gasteiger partial charge in [0.2, 0.25) is 5.91 Å². The van der Waals surface area contributed by atoms with Crippen LogP contribution in [0.1, 0.15) is 18.4 Å². The molecule has 0 saturated heterocycles. The van der Waals surface area contributed by atoms with E-state index in [0.717, 1.165) is 25.9 Å². The van der Waals surface area contributed by atoms with E-state index in [2.05, 4.69) is 17.0 Å². The maximum absolute atomic E-state index is 12.1. The van der Waals surface area contributed by atoms with Crippen LogP contribution in [0.3, 0.4) is 0 Å². The molecule has 1 amide bonds. The fraction of sp³-hybridized carbons (Fsp3) is 0.562. The third kappa shape index (κ3) is 6.17. The second-order valence-corrected chi connectivity index (χ2v) is 5.55. The second kappa shape index (κ2) is 8.72. The van der Waals surface area contributed by atoms with Gasteiger partial charge in [-0.1, -0.05) is 30.3 Å². The monoisotopic (exact) mass is 277 g/mol. The summed E-state index contributed by atoms with van der Waals surface area (Å²) in [6.45, 7) is 1.74. The molecular formula is C16H27N3O. The third-order valence-electron chi connectivity index (χ3n) is 3.38. The molecule has 0 unspecified atom stereocenters. The number of hydrogen-bond acceptors (Lipinski definition) is 3. The number of carbonyl (C=O) groups excluding carboxylic acids is 1. The third-order valence-corrected chi connectivity index (χ3v) is 3.38. The Kier molecular flexibility index (Phi) is 7.26. The molecule has 0 radical (unpaired) electrons. The topological polar surface area (TPSA) is 49.6 Å². The van der Waals surface area contributed by atoms with Gasteiger partial charge in [-0.25, -0.2) is 0 Å². The van der Waals surface area contributed by atoms with Crippen LogP contribution < -0.4 is 5.73 Å². The maximum Gasteiger partial charge on any atom is 0.239 e. The summed E-state index contributed by atoms with van der Waals surface area (Å²) in [7, 11) is 5.90. The van der Waals surface area contributed by atoms with E-state index in [1.165, 1.54) is 5.56 Å². The van der Waals surface area contributed by atoms with Gasteiger partial charge in [0.15, 0.2) is 0 Å². The summed E-state index contributed by atoms with van der Waals surface area (Å²) in [5, 5.41) is 0. The van der Waals surface area contributed by atoms with Gasteiger partial charge in [0.05, 0.1) is 6.04 Å². The van der Waals surface area contributed by atoms with Crippen molar-refractivity contribution >= 4 is 5.91 Å². The summed E-state index contributed by atoms with van der Waals surface area (Å²) in [6.07, 6.45) is 2.51. The summed E-state index contributed by atoms with van der Waals surface area (Å²) >= 11 is 0. The zero-order valence-corrected chi connectivity index (χ0v) is 12.9. The molecule has 1 aromatic carbocycles. The Morgan fingerprint density at radius 2 is 1.80 bits per heavy atom. The number of aryl methyl sites for hydroxylation is 1. The molecule has 0 aliphatic carbocycles. The minimum Gasteiger partial charge on any atom is -0.344 e. The van der Waals surface area contributed by atoms with Crippen molar-refractivity contribution in [2.45, 2.75) is 25.3 Å². The highest BCUT2D eigenvalue weighted by Crippen LogP contribution is 2.05. The summed E-state index contributed by atoms with van der Waals surface area (Å²) in [5.74, 6) is 0.0414. The predicted octanol–water partition coefficient (Wildman–Crippen LogP) is 1.36. The van der Waals surface area contributed by atoms with Crippen molar-refractivity contribution < 1.29 is 4.79 Å². The first-order valence-electron chi connectivity index (χ1n) is 7.20. The fourth-order valence-electron chi connectivity index (χ4n) is 2.11. The van der Waals surface area contributed by atoms with Crippen LogP contribution >= 0.6 is 0 Å². The lowest BCUT2D eigenvalue weighted by atomic mass is 10.1. The van der Waals surface area contributed by atoms with Crippen LogP contribution in [0, 0.1) is 0 Å². The number of rotatable bonds is 8. The molecule has 1 aromatic rings. The Labute approximate surface area is 122 Å². The van der Waals surface area contributed by atoms with Gasteiger partial charge in [0.1, 0.15) is 0 Å². The van der Waals surface area contributed by atoms with Gasteiger partial charge in [0, 0.05) is 13.6 Å². The molecule has 0 heterocycles. The summed E-state index contributed by atoms with van der Waals surface area (Å²) in [4.78, 5) is 16.0. The minimum atomic E-state index is -0.403. The predicted molar refractivity (Wildman–Crippen MR) is 83.5 cm³/mol. The number of nitrogens with two attached hydrogens (primary N) is 1. The van der Waals surface area contributed by atoms with Gasteiger partial charge in [-0.3, -0.25) is 4.79 Å². The molecule has 0 spiro atoms. The van der Waals surface area contributed by atoms with Gasteiger partial charge < -0.3 is 15.5 Å². The maximum atomic E-state index is 12.1. The van der Waals surface area contributed by atoms with Crippen LogP contribution in [0.15, 0.2) is 30.3 Å². The van der Waals surface area contributed by atoms with E-state index in [1.54, 1.807) is 4.90 Å². The zero-order chi connectivity index (χ0) is 15.0. The van der Waals surface area contributed by atoms with Crippen molar-refractivity contribution in [2.24, 2.45) is 5.73 Å². The quantitative estimate of drug-likeness (QED) is 0.780. The summed E-state index contributed by atoms with van der Waals surface area (Å²) < 4.78 is 0. The zero-order valence-electron chi connectivity index (χ0n) is 12.9. The molecule has 1 rings (SSSR count). The van der Waals surface area contributed by atoms with Crippen molar-refractivity contribution in [1.29, 1.82) is 0 Å². The Balaban J connectivity index is 2.31. The first-order chi connectivity index (χ1) is 9.50. The molecule has 0 aromatic heterocycles. The SMILES string of the molecule is CN(C)CCCN(C)C(=O)[C@@H](N)CCc1ccccc1. The molecule has 20 heavy (non-hydrogen) atoms. The van der Waals surface area contributed by atoms with Crippen molar-refractivity contribution in [3.8, 4) is 0 Å². The number of hydrogen-bond donors (Lipinski definition) is 1. The van der Waals surface area contributed by atoms with E-state index in [0.29, 0.717) is 6.42 Å². The Bertz CT molecular complexity index is 392. The molecule has 0 bridgehead atoms. The molecule has 0 fully saturated rings. The molecule has 4 nitrogen and oxygen atoms in total. The van der Waals surface area contributed by atoms with Gasteiger partial charge in [-0.05, 0) is 45.5 Å². The van der Waals surface area contributed by atoms with Crippen LogP contribution in [0.4, 0.5) is 0 Å². The van der Waals surface area contributed by atoms with E-state index in [-0.39, 0.29) is 5.91 Å². The molecule has 0 saturated carbocycles. The van der Waals surface area contributed by atoms with Crippen molar-refractivity contribution in [2.75, 3.05) is 34.2 Å². The van der Waals surface area contributed by atoms with Crippen molar-refractivity contribution in [1.82, 2.24) is 9.80 Å². The molecule has 4 heteroatoms. The van der Waals surface area contributed by atoms with Crippen LogP contribution in [0.2, 0.25) is 0 Å². The van der Waals surface area contributed by atoms with Gasteiger partial charge >= 0.3 is 0 Å². The summed E-state index contributed by atoms with van der Waals surface area (Å²) in [5.41, 5.74) is 7.22. The van der Waals surface area contributed by atoms with E-state index < -0.39 is 6.04 Å². The highest BCUT2D eigenvalue weighted by atomic mass is 16.2. The first kappa shape index (κ1) is 16.7. The second-order valence-electron chi connectivity index (χ2n) is 5.55. The van der Waals surface area contributed by atoms with Crippen molar-refractivity contribution in [3.05, 3.63) is 35.9 Å². The smallest absolute Gasteiger partial charge is 0.239 e. The molecule has 0 aliphatic heterocycles. The number of nitrogens with zero attached hydrogens (tertiary/aromatic N) is 2. The van der Waals surface area contributed by atoms with Gasteiger partial charge in [0.25, 0.3) is 0 Å². The minimum absolute atomic E-state index is 0.0414. The normalized spacial score (nSPS) is 12.4. The van der Waals surface area contributed by atoms with E-state index >= 15 is 0 Å². The van der Waals surface area contributed by atoms with Crippen LogP contribution in [-0.2, 0) is 11.2 Å². The standard InChI is InChI=1S/C16H27N3O/c1-18(2)12-7-13-19(3)16(20)15(17)11-10-14-8-5-4-6-9-14/h4-6,8-9,15H,7,10-13,17H2,1-3H3/t15-/m0/s1. The van der Waals surface area contributed by atoms with E-state index in [9.17, 15) is 4.79 Å². The average Bonchev–Trinajstić information content (AvgIpc) is 2.44. The van der Waals surface area contributed by atoms with Crippen LogP contribution in [0.5, 0.6) is 0 Å². The molecule has 1 atom stereocenters. The number of likely N-dealkylation sites (N-methyl/N-ethyl adjacent to an activating group) is 1. The number of carbonyl (C=O) groups is 1. The van der Waals surface area contributed by atoms with Gasteiger partial charge in [-0.15, -0.1) is 0 Å². The average molecular weight is 277 g/mol. The Hall–Kier alpha value is -1.39. The van der Waals surface area contributed by atoms with E-state index in [4.69, 9.17) is 5.73 Å². The Morgan fingerprint density at radius 3 is 2.40 bits per heavy atom. The highest BCUT2D eigenvalue weighted by molar-refractivity contribution is 5.81. The molecule has 112 valence electrons. The highest BCUT2D eigenvalue weighted by Gasteiger charge is 2.17. The molecular weight excluding hydrogens is 250 g/mol. The number of benzene rings is 1. The number of amides is 1.